The zero-order chi connectivity index (χ0) is 15.3. The van der Waals surface area contributed by atoms with Crippen LogP contribution in [0.4, 0.5) is 0 Å². The van der Waals surface area contributed by atoms with E-state index in [0.717, 1.165) is 19.3 Å². The molecule has 2 heterocycles. The first-order valence-corrected chi connectivity index (χ1v) is 8.15. The van der Waals surface area contributed by atoms with E-state index in [4.69, 9.17) is 5.26 Å². The first-order chi connectivity index (χ1) is 10.0. The van der Waals surface area contributed by atoms with Crippen LogP contribution < -0.4 is 4.72 Å². The number of nitrogens with one attached hydrogen (secondary N) is 1. The summed E-state index contributed by atoms with van der Waals surface area (Å²) in [4.78, 5) is 17.1. The van der Waals surface area contributed by atoms with Gasteiger partial charge >= 0.3 is 0 Å². The van der Waals surface area contributed by atoms with E-state index in [1.54, 1.807) is 11.0 Å². The van der Waals surface area contributed by atoms with Gasteiger partial charge in [-0.15, -0.1) is 0 Å². The zero-order valence-electron chi connectivity index (χ0n) is 11.4. The molecule has 1 saturated heterocycles. The van der Waals surface area contributed by atoms with Gasteiger partial charge in [-0.25, -0.2) is 18.1 Å². The first-order valence-electron chi connectivity index (χ1n) is 6.67. The molecule has 1 aliphatic heterocycles. The normalized spacial score (nSPS) is 15.5. The van der Waals surface area contributed by atoms with Crippen molar-refractivity contribution in [2.75, 3.05) is 19.6 Å². The minimum Gasteiger partial charge on any atom is -0.342 e. The summed E-state index contributed by atoms with van der Waals surface area (Å²) in [7, 11) is -3.92. The molecule has 112 valence electrons. The van der Waals surface area contributed by atoms with Gasteiger partial charge in [-0.1, -0.05) is 0 Å². The Morgan fingerprint density at radius 2 is 2.10 bits per heavy atom. The number of piperidine rings is 1. The summed E-state index contributed by atoms with van der Waals surface area (Å²) in [6.45, 7) is 1.02. The lowest BCUT2D eigenvalue weighted by atomic mass is 10.1. The van der Waals surface area contributed by atoms with Crippen LogP contribution >= 0.6 is 0 Å². The molecule has 8 heteroatoms. The third-order valence-corrected chi connectivity index (χ3v) is 4.72. The second kappa shape index (κ2) is 6.65. The van der Waals surface area contributed by atoms with E-state index in [0.29, 0.717) is 13.1 Å². The molecule has 7 nitrogen and oxygen atoms in total. The van der Waals surface area contributed by atoms with Crippen molar-refractivity contribution in [1.29, 1.82) is 5.26 Å². The molecule has 0 unspecified atom stereocenters. The van der Waals surface area contributed by atoms with Gasteiger partial charge in [0.1, 0.15) is 11.0 Å². The molecule has 0 spiro atoms. The number of hydrogen-bond acceptors (Lipinski definition) is 5. The highest BCUT2D eigenvalue weighted by atomic mass is 32.2. The fourth-order valence-electron chi connectivity index (χ4n) is 2.18. The Kier molecular flexibility index (Phi) is 4.88. The smallest absolute Gasteiger partial charge is 0.243 e. The molecular formula is C13H16N4O3S. The van der Waals surface area contributed by atoms with Gasteiger partial charge in [0.2, 0.25) is 15.9 Å². The van der Waals surface area contributed by atoms with Gasteiger partial charge in [0.05, 0.1) is 6.54 Å². The van der Waals surface area contributed by atoms with Crippen LogP contribution in [0.5, 0.6) is 0 Å². The molecule has 1 aliphatic rings. The maximum atomic E-state index is 12.1. The van der Waals surface area contributed by atoms with Crippen LogP contribution in [-0.4, -0.2) is 43.8 Å². The number of nitriles is 1. The zero-order valence-corrected chi connectivity index (χ0v) is 12.3. The number of pyridine rings is 1. The van der Waals surface area contributed by atoms with Crippen LogP contribution in [0.15, 0.2) is 23.2 Å². The first kappa shape index (κ1) is 15.4. The number of amides is 1. The quantitative estimate of drug-likeness (QED) is 0.858. The van der Waals surface area contributed by atoms with Gasteiger partial charge in [0, 0.05) is 19.3 Å². The van der Waals surface area contributed by atoms with Crippen LogP contribution in [0, 0.1) is 11.3 Å². The molecule has 1 aromatic rings. The highest BCUT2D eigenvalue weighted by Crippen LogP contribution is 2.12. The molecule has 0 aliphatic carbocycles. The second-order valence-electron chi connectivity index (χ2n) is 4.73. The molecule has 0 saturated carbocycles. The van der Waals surface area contributed by atoms with Gasteiger partial charge in [-0.2, -0.15) is 5.26 Å². The number of hydrogen-bond donors (Lipinski definition) is 1. The summed E-state index contributed by atoms with van der Waals surface area (Å²) in [5, 5.41) is 8.88. The number of nitrogens with zero attached hydrogens (tertiary/aromatic N) is 3. The SMILES string of the molecule is N#Cc1ncccc1S(=O)(=O)NCC(=O)N1CCCCC1. The Balaban J connectivity index is 2.04. The van der Waals surface area contributed by atoms with E-state index < -0.39 is 10.0 Å². The fourth-order valence-corrected chi connectivity index (χ4v) is 3.26. The molecule has 1 aromatic heterocycles. The van der Waals surface area contributed by atoms with Crippen molar-refractivity contribution in [3.63, 3.8) is 0 Å². The Bertz CT molecular complexity index is 660. The highest BCUT2D eigenvalue weighted by molar-refractivity contribution is 7.89. The predicted octanol–water partition coefficient (Wildman–Crippen LogP) is 0.244. The van der Waals surface area contributed by atoms with E-state index in [1.165, 1.54) is 18.3 Å². The maximum Gasteiger partial charge on any atom is 0.243 e. The summed E-state index contributed by atoms with van der Waals surface area (Å²) >= 11 is 0. The van der Waals surface area contributed by atoms with Gasteiger partial charge in [0.25, 0.3) is 0 Å². The largest absolute Gasteiger partial charge is 0.342 e. The number of likely N-dealkylation sites (tertiary alicyclic amines) is 1. The number of rotatable bonds is 4. The van der Waals surface area contributed by atoms with Gasteiger partial charge in [-0.3, -0.25) is 4.79 Å². The van der Waals surface area contributed by atoms with Crippen LogP contribution in [0.1, 0.15) is 25.0 Å². The van der Waals surface area contributed by atoms with E-state index in [9.17, 15) is 13.2 Å². The molecule has 0 radical (unpaired) electrons. The molecule has 0 bridgehead atoms. The number of sulfonamides is 1. The minimum atomic E-state index is -3.92. The second-order valence-corrected chi connectivity index (χ2v) is 6.46. The lowest BCUT2D eigenvalue weighted by molar-refractivity contribution is -0.130. The fraction of sp³-hybridized carbons (Fsp3) is 0.462. The molecule has 1 N–H and O–H groups in total. The van der Waals surface area contributed by atoms with Crippen LogP contribution in [-0.2, 0) is 14.8 Å². The Labute approximate surface area is 123 Å². The summed E-state index contributed by atoms with van der Waals surface area (Å²) in [6, 6.07) is 4.45. The summed E-state index contributed by atoms with van der Waals surface area (Å²) < 4.78 is 26.5. The van der Waals surface area contributed by atoms with Crippen molar-refractivity contribution in [1.82, 2.24) is 14.6 Å². The van der Waals surface area contributed by atoms with E-state index in [-0.39, 0.29) is 23.0 Å². The Morgan fingerprint density at radius 3 is 2.76 bits per heavy atom. The van der Waals surface area contributed by atoms with Crippen LogP contribution in [0.2, 0.25) is 0 Å². The van der Waals surface area contributed by atoms with Gasteiger partial charge in [-0.05, 0) is 31.4 Å². The standard InChI is InChI=1S/C13H16N4O3S/c14-9-11-12(5-4-6-15-11)21(19,20)16-10-13(18)17-7-2-1-3-8-17/h4-6,16H,1-3,7-8,10H2. The van der Waals surface area contributed by atoms with Crippen LogP contribution in [0.3, 0.4) is 0 Å². The van der Waals surface area contributed by atoms with E-state index in [1.807, 2.05) is 0 Å². The topological polar surface area (TPSA) is 103 Å². The molecule has 2 rings (SSSR count). The summed E-state index contributed by atoms with van der Waals surface area (Å²) in [5.74, 6) is -0.249. The minimum absolute atomic E-state index is 0.185. The molecular weight excluding hydrogens is 292 g/mol. The van der Waals surface area contributed by atoms with Crippen molar-refractivity contribution in [3.8, 4) is 6.07 Å². The van der Waals surface area contributed by atoms with Crippen molar-refractivity contribution < 1.29 is 13.2 Å². The third kappa shape index (κ3) is 3.77. The van der Waals surface area contributed by atoms with Crippen LogP contribution in [0.25, 0.3) is 0 Å². The summed E-state index contributed by atoms with van der Waals surface area (Å²) in [5.41, 5.74) is -0.185. The predicted molar refractivity (Wildman–Crippen MR) is 74.6 cm³/mol. The van der Waals surface area contributed by atoms with E-state index >= 15 is 0 Å². The maximum absolute atomic E-state index is 12.1. The number of aromatic nitrogens is 1. The molecule has 0 atom stereocenters. The number of carbonyl (C=O) groups is 1. The number of carbonyl (C=O) groups excluding carboxylic acids is 1. The van der Waals surface area contributed by atoms with Crippen molar-refractivity contribution in [2.45, 2.75) is 24.2 Å². The van der Waals surface area contributed by atoms with Crippen molar-refractivity contribution in [2.24, 2.45) is 0 Å². The monoisotopic (exact) mass is 308 g/mol. The van der Waals surface area contributed by atoms with Crippen molar-refractivity contribution in [3.05, 3.63) is 24.0 Å². The molecule has 21 heavy (non-hydrogen) atoms. The Hall–Kier alpha value is -1.98. The average Bonchev–Trinajstić information content (AvgIpc) is 2.53. The average molecular weight is 308 g/mol. The van der Waals surface area contributed by atoms with Gasteiger partial charge in [0.15, 0.2) is 5.69 Å². The lowest BCUT2D eigenvalue weighted by Gasteiger charge is -2.26. The summed E-state index contributed by atoms with van der Waals surface area (Å²) in [6.07, 6.45) is 4.33. The molecule has 1 amide bonds. The molecule has 0 aromatic carbocycles. The van der Waals surface area contributed by atoms with Gasteiger partial charge < -0.3 is 4.90 Å². The van der Waals surface area contributed by atoms with Crippen molar-refractivity contribution >= 4 is 15.9 Å². The Morgan fingerprint density at radius 1 is 1.38 bits per heavy atom. The lowest BCUT2D eigenvalue weighted by Crippen LogP contribution is -2.42. The third-order valence-electron chi connectivity index (χ3n) is 3.29. The van der Waals surface area contributed by atoms with E-state index in [2.05, 4.69) is 9.71 Å². The highest BCUT2D eigenvalue weighted by Gasteiger charge is 2.22. The molecule has 1 fully saturated rings.